The number of nitrogens with one attached hydrogen (secondary N) is 1. The average molecular weight is 378 g/mol. The average Bonchev–Trinajstić information content (AvgIpc) is 2.41. The maximum atomic E-state index is 12.9. The minimum Gasteiger partial charge on any atom is -0.314 e. The van der Waals surface area contributed by atoms with E-state index in [1.165, 1.54) is 6.07 Å². The Kier molecular flexibility index (Phi) is 8.80. The van der Waals surface area contributed by atoms with E-state index in [1.807, 2.05) is 0 Å². The second-order valence-electron chi connectivity index (χ2n) is 4.67. The van der Waals surface area contributed by atoms with Crippen molar-refractivity contribution in [3.63, 3.8) is 0 Å². The van der Waals surface area contributed by atoms with Gasteiger partial charge in [-0.15, -0.1) is 31.4 Å². The summed E-state index contributed by atoms with van der Waals surface area (Å²) in [6, 6.07) is 3.73. The second kappa shape index (κ2) is 8.99. The molecule has 1 aliphatic rings. The topological polar surface area (TPSA) is 15.3 Å². The molecule has 1 N–H and O–H groups in total. The molecule has 0 amide bonds. The third-order valence-electron chi connectivity index (χ3n) is 3.42. The lowest BCUT2D eigenvalue weighted by molar-refractivity contribution is -0.137. The molecule has 2 rings (SSSR count). The van der Waals surface area contributed by atoms with Gasteiger partial charge in [0.2, 0.25) is 0 Å². The van der Waals surface area contributed by atoms with Crippen molar-refractivity contribution in [2.24, 2.45) is 0 Å². The number of nitrogens with zero attached hydrogens (tertiary/aromatic N) is 1. The fraction of sp³-hybridized carbons (Fsp3) is 0.429. The fourth-order valence-corrected chi connectivity index (χ4v) is 2.78. The molecule has 0 aliphatic carbocycles. The molecule has 0 saturated carbocycles. The predicted molar refractivity (Wildman–Crippen MR) is 88.3 cm³/mol. The number of halogens is 6. The van der Waals surface area contributed by atoms with E-state index < -0.39 is 11.7 Å². The molecule has 1 fully saturated rings. The van der Waals surface area contributed by atoms with E-state index >= 15 is 0 Å². The van der Waals surface area contributed by atoms with Crippen LogP contribution >= 0.6 is 36.4 Å². The van der Waals surface area contributed by atoms with Gasteiger partial charge in [-0.1, -0.05) is 29.8 Å². The quantitative estimate of drug-likeness (QED) is 0.789. The minimum atomic E-state index is -4.44. The lowest BCUT2D eigenvalue weighted by Crippen LogP contribution is -2.44. The van der Waals surface area contributed by atoms with Crippen LogP contribution in [-0.2, 0) is 6.18 Å². The van der Waals surface area contributed by atoms with Crippen LogP contribution in [0.25, 0.3) is 0 Å². The van der Waals surface area contributed by atoms with Crippen molar-refractivity contribution in [2.45, 2.75) is 12.2 Å². The van der Waals surface area contributed by atoms with E-state index in [4.69, 9.17) is 11.6 Å². The Morgan fingerprint density at radius 2 is 1.82 bits per heavy atom. The van der Waals surface area contributed by atoms with Crippen LogP contribution in [0.15, 0.2) is 30.9 Å². The number of alkyl halides is 3. The lowest BCUT2D eigenvalue weighted by Gasteiger charge is -2.34. The van der Waals surface area contributed by atoms with Crippen LogP contribution in [0.4, 0.5) is 13.2 Å². The van der Waals surface area contributed by atoms with Crippen LogP contribution in [0.1, 0.15) is 17.2 Å². The first-order valence-corrected chi connectivity index (χ1v) is 6.76. The summed E-state index contributed by atoms with van der Waals surface area (Å²) in [4.78, 5) is 2.07. The zero-order chi connectivity index (χ0) is 14.8. The molecule has 22 heavy (non-hydrogen) atoms. The fourth-order valence-electron chi connectivity index (χ4n) is 2.43. The number of benzene rings is 1. The monoisotopic (exact) mass is 376 g/mol. The molecule has 0 unspecified atom stereocenters. The Bertz CT molecular complexity index is 489. The summed E-state index contributed by atoms with van der Waals surface area (Å²) in [6.07, 6.45) is -2.80. The number of hydrogen-bond donors (Lipinski definition) is 1. The van der Waals surface area contributed by atoms with Crippen molar-refractivity contribution < 1.29 is 13.2 Å². The van der Waals surface area contributed by atoms with Gasteiger partial charge >= 0.3 is 6.18 Å². The Morgan fingerprint density at radius 3 is 2.32 bits per heavy atom. The maximum Gasteiger partial charge on any atom is 0.417 e. The van der Waals surface area contributed by atoms with Crippen molar-refractivity contribution in [3.05, 3.63) is 47.0 Å². The van der Waals surface area contributed by atoms with Gasteiger partial charge in [-0.25, -0.2) is 0 Å². The first-order chi connectivity index (χ1) is 9.45. The highest BCUT2D eigenvalue weighted by Crippen LogP contribution is 2.39. The summed E-state index contributed by atoms with van der Waals surface area (Å²) >= 11 is 5.98. The van der Waals surface area contributed by atoms with Gasteiger partial charge in [0.25, 0.3) is 0 Å². The van der Waals surface area contributed by atoms with Crippen LogP contribution in [0.2, 0.25) is 5.02 Å². The Morgan fingerprint density at radius 1 is 1.23 bits per heavy atom. The van der Waals surface area contributed by atoms with E-state index in [9.17, 15) is 13.2 Å². The van der Waals surface area contributed by atoms with Gasteiger partial charge in [-0.3, -0.25) is 4.90 Å². The number of hydrogen-bond acceptors (Lipinski definition) is 2. The third-order valence-corrected chi connectivity index (χ3v) is 3.84. The summed E-state index contributed by atoms with van der Waals surface area (Å²) in [5.41, 5.74) is -0.336. The van der Waals surface area contributed by atoms with Crippen LogP contribution < -0.4 is 5.32 Å². The third kappa shape index (κ3) is 4.77. The van der Waals surface area contributed by atoms with Gasteiger partial charge < -0.3 is 5.32 Å². The van der Waals surface area contributed by atoms with Crippen molar-refractivity contribution >= 4 is 36.4 Å². The van der Waals surface area contributed by atoms with Crippen molar-refractivity contribution in [1.29, 1.82) is 0 Å². The van der Waals surface area contributed by atoms with Gasteiger partial charge in [0.1, 0.15) is 0 Å². The van der Waals surface area contributed by atoms with E-state index in [2.05, 4.69) is 16.8 Å². The predicted octanol–water partition coefficient (Wildman–Crippen LogP) is 4.33. The van der Waals surface area contributed by atoms with E-state index in [1.54, 1.807) is 12.1 Å². The molecule has 126 valence electrons. The molecule has 0 bridgehead atoms. The Hall–Kier alpha value is -0.460. The van der Waals surface area contributed by atoms with Crippen molar-refractivity contribution in [1.82, 2.24) is 10.2 Å². The molecule has 1 heterocycles. The highest BCUT2D eigenvalue weighted by molar-refractivity contribution is 6.32. The summed E-state index contributed by atoms with van der Waals surface area (Å²) in [5.74, 6) is 0. The summed E-state index contributed by atoms with van der Waals surface area (Å²) in [7, 11) is 0. The molecule has 0 aromatic heterocycles. The lowest BCUT2D eigenvalue weighted by atomic mass is 10.0. The molecule has 1 saturated heterocycles. The zero-order valence-electron chi connectivity index (χ0n) is 11.7. The largest absolute Gasteiger partial charge is 0.417 e. The van der Waals surface area contributed by atoms with E-state index in [0.29, 0.717) is 5.56 Å². The maximum absolute atomic E-state index is 12.9. The molecule has 8 heteroatoms. The van der Waals surface area contributed by atoms with Crippen LogP contribution in [0.5, 0.6) is 0 Å². The molecule has 0 radical (unpaired) electrons. The molecular weight excluding hydrogens is 360 g/mol. The summed E-state index contributed by atoms with van der Waals surface area (Å²) in [6.45, 7) is 6.86. The Balaban J connectivity index is 0.00000220. The SMILES string of the molecule is C=C[C@@H](c1cccc(C(F)(F)F)c1Cl)N1CCNCC1.Cl.Cl. The van der Waals surface area contributed by atoms with Gasteiger partial charge in [0.05, 0.1) is 16.6 Å². The molecule has 1 aliphatic heterocycles. The first kappa shape index (κ1) is 21.5. The van der Waals surface area contributed by atoms with Crippen LogP contribution in [-0.4, -0.2) is 31.1 Å². The summed E-state index contributed by atoms with van der Waals surface area (Å²) < 4.78 is 38.7. The summed E-state index contributed by atoms with van der Waals surface area (Å²) in [5, 5.41) is 2.97. The standard InChI is InChI=1S/C14H16ClF3N2.2ClH/c1-2-12(20-8-6-19-7-9-20)10-4-3-5-11(13(10)15)14(16,17)18;;/h2-5,12,19H,1,6-9H2;2*1H/t12-;;/m0../s1. The van der Waals surface area contributed by atoms with Crippen LogP contribution in [0, 0.1) is 0 Å². The highest BCUT2D eigenvalue weighted by Gasteiger charge is 2.35. The second-order valence-corrected chi connectivity index (χ2v) is 5.05. The molecule has 0 spiro atoms. The van der Waals surface area contributed by atoms with Gasteiger partial charge in [-0.2, -0.15) is 13.2 Å². The van der Waals surface area contributed by atoms with Gasteiger partial charge in [-0.05, 0) is 11.6 Å². The van der Waals surface area contributed by atoms with E-state index in [0.717, 1.165) is 32.2 Å². The Labute approximate surface area is 145 Å². The first-order valence-electron chi connectivity index (χ1n) is 6.38. The normalized spacial score (nSPS) is 17.1. The van der Waals surface area contributed by atoms with Crippen LogP contribution in [0.3, 0.4) is 0 Å². The molecule has 1 aromatic carbocycles. The molecular formula is C14H18Cl3F3N2. The minimum absolute atomic E-state index is 0. The number of rotatable bonds is 3. The van der Waals surface area contributed by atoms with Gasteiger partial charge in [0, 0.05) is 26.2 Å². The highest BCUT2D eigenvalue weighted by atomic mass is 35.5. The smallest absolute Gasteiger partial charge is 0.314 e. The van der Waals surface area contributed by atoms with Crippen molar-refractivity contribution in [2.75, 3.05) is 26.2 Å². The van der Waals surface area contributed by atoms with Gasteiger partial charge in [0.15, 0.2) is 0 Å². The number of piperazine rings is 1. The molecule has 1 atom stereocenters. The molecule has 2 nitrogen and oxygen atoms in total. The zero-order valence-corrected chi connectivity index (χ0v) is 14.1. The van der Waals surface area contributed by atoms with E-state index in [-0.39, 0.29) is 35.9 Å². The molecule has 1 aromatic rings. The van der Waals surface area contributed by atoms with Crippen molar-refractivity contribution in [3.8, 4) is 0 Å².